The molecule has 0 bridgehead atoms. The second kappa shape index (κ2) is 6.11. The summed E-state index contributed by atoms with van der Waals surface area (Å²) in [6.45, 7) is 2.94. The zero-order valence-corrected chi connectivity index (χ0v) is 12.4. The Morgan fingerprint density at radius 1 is 1.30 bits per heavy atom. The second-order valence-electron chi connectivity index (χ2n) is 5.30. The topological polar surface area (TPSA) is 75.6 Å². The Morgan fingerprint density at radius 2 is 1.95 bits per heavy atom. The highest BCUT2D eigenvalue weighted by atomic mass is 32.2. The number of hydrogen-bond acceptors (Lipinski definition) is 4. The van der Waals surface area contributed by atoms with E-state index in [2.05, 4.69) is 4.72 Å². The van der Waals surface area contributed by atoms with Gasteiger partial charge in [0.05, 0.1) is 11.5 Å². The van der Waals surface area contributed by atoms with Crippen molar-refractivity contribution in [1.29, 1.82) is 0 Å². The lowest BCUT2D eigenvalue weighted by molar-refractivity contribution is 0.213. The van der Waals surface area contributed by atoms with Gasteiger partial charge >= 0.3 is 0 Å². The van der Waals surface area contributed by atoms with Gasteiger partial charge in [-0.15, -0.1) is 0 Å². The molecule has 112 valence electrons. The molecule has 6 heteroatoms. The fraction of sp³-hybridized carbons (Fsp3) is 0.571. The average molecular weight is 299 g/mol. The van der Waals surface area contributed by atoms with Crippen molar-refractivity contribution in [2.45, 2.75) is 31.1 Å². The molecule has 5 nitrogen and oxygen atoms in total. The molecule has 1 aliphatic carbocycles. The van der Waals surface area contributed by atoms with Crippen LogP contribution in [0.5, 0.6) is 5.75 Å². The number of rotatable bonds is 8. The summed E-state index contributed by atoms with van der Waals surface area (Å²) in [5.41, 5.74) is -0.239. The van der Waals surface area contributed by atoms with Crippen LogP contribution in [-0.4, -0.2) is 33.3 Å². The Hall–Kier alpha value is -1.11. The molecule has 0 atom stereocenters. The van der Waals surface area contributed by atoms with Gasteiger partial charge < -0.3 is 9.84 Å². The quantitative estimate of drug-likeness (QED) is 0.763. The normalized spacial score (nSPS) is 16.9. The van der Waals surface area contributed by atoms with Crippen LogP contribution in [0.2, 0.25) is 0 Å². The Kier molecular flexibility index (Phi) is 4.67. The molecular weight excluding hydrogens is 278 g/mol. The van der Waals surface area contributed by atoms with Gasteiger partial charge in [-0.1, -0.05) is 6.92 Å². The fourth-order valence-corrected chi connectivity index (χ4v) is 2.99. The van der Waals surface area contributed by atoms with E-state index in [0.29, 0.717) is 18.9 Å². The standard InChI is InChI=1S/C14H21NO4S/c1-2-9-19-12-3-5-13(6-4-12)20(17,18)15-10-14(11-16)7-8-14/h3-6,15-16H,2,7-11H2,1H3. The van der Waals surface area contributed by atoms with E-state index in [1.807, 2.05) is 6.92 Å². The lowest BCUT2D eigenvalue weighted by atomic mass is 10.1. The van der Waals surface area contributed by atoms with Gasteiger partial charge in [0.2, 0.25) is 10.0 Å². The number of hydrogen-bond donors (Lipinski definition) is 2. The van der Waals surface area contributed by atoms with Gasteiger partial charge in [0.1, 0.15) is 5.75 Å². The van der Waals surface area contributed by atoms with Gasteiger partial charge in [0.15, 0.2) is 0 Å². The molecule has 0 aliphatic heterocycles. The fourth-order valence-electron chi connectivity index (χ4n) is 1.83. The van der Waals surface area contributed by atoms with Crippen LogP contribution in [0.3, 0.4) is 0 Å². The predicted molar refractivity (Wildman–Crippen MR) is 76.2 cm³/mol. The average Bonchev–Trinajstić information content (AvgIpc) is 3.24. The van der Waals surface area contributed by atoms with Gasteiger partial charge in [-0.3, -0.25) is 0 Å². The minimum atomic E-state index is -3.52. The molecule has 0 unspecified atom stereocenters. The SMILES string of the molecule is CCCOc1ccc(S(=O)(=O)NCC2(CO)CC2)cc1. The van der Waals surface area contributed by atoms with Gasteiger partial charge in [0.25, 0.3) is 0 Å². The van der Waals surface area contributed by atoms with Crippen LogP contribution in [-0.2, 0) is 10.0 Å². The zero-order valence-electron chi connectivity index (χ0n) is 11.6. The highest BCUT2D eigenvalue weighted by Gasteiger charge is 2.42. The smallest absolute Gasteiger partial charge is 0.240 e. The monoisotopic (exact) mass is 299 g/mol. The first kappa shape index (κ1) is 15.3. The molecule has 0 saturated heterocycles. The van der Waals surface area contributed by atoms with Crippen molar-refractivity contribution in [2.24, 2.45) is 5.41 Å². The van der Waals surface area contributed by atoms with Gasteiger partial charge in [-0.25, -0.2) is 13.1 Å². The van der Waals surface area contributed by atoms with Crippen molar-refractivity contribution < 1.29 is 18.3 Å². The van der Waals surface area contributed by atoms with Gasteiger partial charge in [0, 0.05) is 18.6 Å². The predicted octanol–water partition coefficient (Wildman–Crippen LogP) is 1.53. The maximum Gasteiger partial charge on any atom is 0.240 e. The Labute approximate surface area is 120 Å². The number of aliphatic hydroxyl groups excluding tert-OH is 1. The summed E-state index contributed by atoms with van der Waals surface area (Å²) in [7, 11) is -3.52. The van der Waals surface area contributed by atoms with Crippen LogP contribution in [0.25, 0.3) is 0 Å². The van der Waals surface area contributed by atoms with E-state index in [-0.39, 0.29) is 16.9 Å². The molecule has 2 N–H and O–H groups in total. The van der Waals surface area contributed by atoms with Crippen molar-refractivity contribution in [1.82, 2.24) is 4.72 Å². The summed E-state index contributed by atoms with van der Waals surface area (Å²) in [6.07, 6.45) is 2.65. The van der Waals surface area contributed by atoms with Crippen LogP contribution in [0.15, 0.2) is 29.2 Å². The van der Waals surface area contributed by atoms with Crippen LogP contribution < -0.4 is 9.46 Å². The number of benzene rings is 1. The summed E-state index contributed by atoms with van der Waals surface area (Å²) in [5.74, 6) is 0.667. The number of ether oxygens (including phenoxy) is 1. The molecule has 1 saturated carbocycles. The molecule has 1 aromatic rings. The second-order valence-corrected chi connectivity index (χ2v) is 7.07. The molecular formula is C14H21NO4S. The van der Waals surface area contributed by atoms with Crippen LogP contribution in [0.1, 0.15) is 26.2 Å². The van der Waals surface area contributed by atoms with E-state index < -0.39 is 10.0 Å². The van der Waals surface area contributed by atoms with Crippen molar-refractivity contribution in [2.75, 3.05) is 19.8 Å². The first-order chi connectivity index (χ1) is 9.51. The van der Waals surface area contributed by atoms with E-state index in [4.69, 9.17) is 4.74 Å². The molecule has 1 fully saturated rings. The highest BCUT2D eigenvalue weighted by Crippen LogP contribution is 2.44. The molecule has 0 aromatic heterocycles. The molecule has 0 spiro atoms. The van der Waals surface area contributed by atoms with Crippen molar-refractivity contribution in [3.8, 4) is 5.75 Å². The molecule has 0 amide bonds. The minimum Gasteiger partial charge on any atom is -0.494 e. The molecule has 2 rings (SSSR count). The van der Waals surface area contributed by atoms with E-state index in [1.165, 1.54) is 12.1 Å². The number of sulfonamides is 1. The number of nitrogens with one attached hydrogen (secondary N) is 1. The van der Waals surface area contributed by atoms with E-state index in [9.17, 15) is 13.5 Å². The summed E-state index contributed by atoms with van der Waals surface area (Å²) in [5, 5.41) is 9.19. The van der Waals surface area contributed by atoms with Crippen LogP contribution >= 0.6 is 0 Å². The minimum absolute atomic E-state index is 0.0271. The molecule has 0 heterocycles. The maximum atomic E-state index is 12.1. The summed E-state index contributed by atoms with van der Waals surface area (Å²) in [6, 6.07) is 6.38. The van der Waals surface area contributed by atoms with Crippen LogP contribution in [0, 0.1) is 5.41 Å². The van der Waals surface area contributed by atoms with Gasteiger partial charge in [-0.05, 0) is 43.5 Å². The molecule has 0 radical (unpaired) electrons. The van der Waals surface area contributed by atoms with Crippen molar-refractivity contribution in [3.05, 3.63) is 24.3 Å². The lowest BCUT2D eigenvalue weighted by Gasteiger charge is -2.13. The third-order valence-corrected chi connectivity index (χ3v) is 4.95. The van der Waals surface area contributed by atoms with E-state index >= 15 is 0 Å². The number of aliphatic hydroxyl groups is 1. The first-order valence-electron chi connectivity index (χ1n) is 6.85. The first-order valence-corrected chi connectivity index (χ1v) is 8.33. The molecule has 20 heavy (non-hydrogen) atoms. The summed E-state index contributed by atoms with van der Waals surface area (Å²) >= 11 is 0. The third kappa shape index (κ3) is 3.71. The molecule has 1 aromatic carbocycles. The summed E-state index contributed by atoms with van der Waals surface area (Å²) in [4.78, 5) is 0.218. The Balaban J connectivity index is 1.98. The van der Waals surface area contributed by atoms with Crippen molar-refractivity contribution >= 4 is 10.0 Å². The van der Waals surface area contributed by atoms with Crippen molar-refractivity contribution in [3.63, 3.8) is 0 Å². The Morgan fingerprint density at radius 3 is 2.45 bits per heavy atom. The Bertz CT molecular complexity index is 535. The zero-order chi connectivity index (χ0) is 14.6. The molecule has 1 aliphatic rings. The van der Waals surface area contributed by atoms with Crippen LogP contribution in [0.4, 0.5) is 0 Å². The van der Waals surface area contributed by atoms with Gasteiger partial charge in [-0.2, -0.15) is 0 Å². The highest BCUT2D eigenvalue weighted by molar-refractivity contribution is 7.89. The van der Waals surface area contributed by atoms with E-state index in [1.54, 1.807) is 12.1 Å². The maximum absolute atomic E-state index is 12.1. The third-order valence-electron chi connectivity index (χ3n) is 3.54. The van der Waals surface area contributed by atoms with E-state index in [0.717, 1.165) is 19.3 Å². The lowest BCUT2D eigenvalue weighted by Crippen LogP contribution is -2.31. The summed E-state index contributed by atoms with van der Waals surface area (Å²) < 4.78 is 32.2. The largest absolute Gasteiger partial charge is 0.494 e.